The van der Waals surface area contributed by atoms with E-state index in [2.05, 4.69) is 15.0 Å². The highest BCUT2D eigenvalue weighted by Gasteiger charge is 2.33. The van der Waals surface area contributed by atoms with Crippen molar-refractivity contribution in [1.29, 1.82) is 0 Å². The normalized spacial score (nSPS) is 11.6. The number of alkyl halides is 3. The maximum Gasteiger partial charge on any atom is 0.434 e. The minimum absolute atomic E-state index is 0.0850. The molecule has 0 radical (unpaired) electrons. The Kier molecular flexibility index (Phi) is 3.24. The smallest absolute Gasteiger partial charge is 0.390 e. The van der Waals surface area contributed by atoms with Crippen LogP contribution in [-0.2, 0) is 12.8 Å². The molecular formula is C11H8F3N3O. The molecule has 0 aliphatic heterocycles. The summed E-state index contributed by atoms with van der Waals surface area (Å²) in [5.74, 6) is 0. The van der Waals surface area contributed by atoms with Crippen molar-refractivity contribution in [3.63, 3.8) is 0 Å². The fourth-order valence-corrected chi connectivity index (χ4v) is 1.31. The van der Waals surface area contributed by atoms with Gasteiger partial charge in [-0.25, -0.2) is 4.98 Å². The second-order valence-corrected chi connectivity index (χ2v) is 3.48. The van der Waals surface area contributed by atoms with E-state index in [0.29, 0.717) is 17.5 Å². The monoisotopic (exact) mass is 255 g/mol. The first kappa shape index (κ1) is 12.4. The number of pyridine rings is 1. The lowest BCUT2D eigenvalue weighted by molar-refractivity contribution is -0.141. The van der Waals surface area contributed by atoms with Gasteiger partial charge < -0.3 is 5.11 Å². The number of rotatable bonds is 2. The Morgan fingerprint density at radius 2 is 1.89 bits per heavy atom. The number of aliphatic hydroxyl groups is 1. The molecule has 0 saturated carbocycles. The standard InChI is InChI=1S/C11H8F3N3O/c12-11(13,14)10-5-15-4-9(17-10)7-1-2-8(6-18)16-3-7/h1-5,18H,6H2. The second-order valence-electron chi connectivity index (χ2n) is 3.48. The largest absolute Gasteiger partial charge is 0.434 e. The molecule has 0 aliphatic rings. The Bertz CT molecular complexity index is 540. The van der Waals surface area contributed by atoms with Gasteiger partial charge in [-0.3, -0.25) is 9.97 Å². The zero-order valence-corrected chi connectivity index (χ0v) is 9.02. The molecule has 18 heavy (non-hydrogen) atoms. The molecule has 0 aliphatic carbocycles. The van der Waals surface area contributed by atoms with Crippen LogP contribution < -0.4 is 0 Å². The Labute approximate surface area is 100 Å². The third-order valence-corrected chi connectivity index (χ3v) is 2.21. The van der Waals surface area contributed by atoms with E-state index in [1.807, 2.05) is 0 Å². The van der Waals surface area contributed by atoms with E-state index in [9.17, 15) is 13.2 Å². The third-order valence-electron chi connectivity index (χ3n) is 2.21. The summed E-state index contributed by atoms with van der Waals surface area (Å²) in [6.07, 6.45) is -1.29. The van der Waals surface area contributed by atoms with E-state index in [1.54, 1.807) is 0 Å². The highest BCUT2D eigenvalue weighted by Crippen LogP contribution is 2.28. The van der Waals surface area contributed by atoms with Gasteiger partial charge in [0.05, 0.1) is 30.4 Å². The molecule has 0 aromatic carbocycles. The van der Waals surface area contributed by atoms with Gasteiger partial charge in [0, 0.05) is 11.8 Å². The van der Waals surface area contributed by atoms with Gasteiger partial charge >= 0.3 is 6.18 Å². The lowest BCUT2D eigenvalue weighted by Gasteiger charge is -2.07. The number of nitrogens with zero attached hydrogens (tertiary/aromatic N) is 3. The first-order valence-corrected chi connectivity index (χ1v) is 4.96. The van der Waals surface area contributed by atoms with Gasteiger partial charge in [0.25, 0.3) is 0 Å². The molecule has 7 heteroatoms. The second kappa shape index (κ2) is 4.69. The number of aromatic nitrogens is 3. The number of hydrogen-bond donors (Lipinski definition) is 1. The van der Waals surface area contributed by atoms with Crippen molar-refractivity contribution in [2.75, 3.05) is 0 Å². The first-order chi connectivity index (χ1) is 8.50. The summed E-state index contributed by atoms with van der Waals surface area (Å²) in [6, 6.07) is 3.04. The maximum absolute atomic E-state index is 12.5. The molecular weight excluding hydrogens is 247 g/mol. The summed E-state index contributed by atoms with van der Waals surface area (Å²) in [4.78, 5) is 10.9. The van der Waals surface area contributed by atoms with Crippen LogP contribution in [0.15, 0.2) is 30.7 Å². The van der Waals surface area contributed by atoms with Gasteiger partial charge in [-0.2, -0.15) is 13.2 Å². The molecule has 4 nitrogen and oxygen atoms in total. The van der Waals surface area contributed by atoms with E-state index in [-0.39, 0.29) is 12.3 Å². The van der Waals surface area contributed by atoms with Gasteiger partial charge in [-0.15, -0.1) is 0 Å². The topological polar surface area (TPSA) is 58.9 Å². The summed E-state index contributed by atoms with van der Waals surface area (Å²) in [5.41, 5.74) is -0.127. The van der Waals surface area contributed by atoms with Crippen molar-refractivity contribution in [2.45, 2.75) is 12.8 Å². The summed E-state index contributed by atoms with van der Waals surface area (Å²) in [7, 11) is 0. The van der Waals surface area contributed by atoms with Crippen molar-refractivity contribution in [1.82, 2.24) is 15.0 Å². The predicted octanol–water partition coefficient (Wildman–Crippen LogP) is 2.05. The van der Waals surface area contributed by atoms with E-state index in [1.165, 1.54) is 24.5 Å². The molecule has 94 valence electrons. The van der Waals surface area contributed by atoms with Crippen LogP contribution in [-0.4, -0.2) is 20.1 Å². The summed E-state index contributed by atoms with van der Waals surface area (Å²) >= 11 is 0. The van der Waals surface area contributed by atoms with Crippen molar-refractivity contribution in [3.05, 3.63) is 42.1 Å². The van der Waals surface area contributed by atoms with Gasteiger partial charge in [0.2, 0.25) is 0 Å². The van der Waals surface area contributed by atoms with Crippen molar-refractivity contribution in [2.24, 2.45) is 0 Å². The lowest BCUT2D eigenvalue weighted by Crippen LogP contribution is -2.09. The zero-order chi connectivity index (χ0) is 13.2. The van der Waals surface area contributed by atoms with Crippen LogP contribution in [0.5, 0.6) is 0 Å². The molecule has 0 saturated heterocycles. The molecule has 0 bridgehead atoms. The molecule has 0 unspecified atom stereocenters. The van der Waals surface area contributed by atoms with Crippen LogP contribution in [0.4, 0.5) is 13.2 Å². The molecule has 2 aromatic heterocycles. The number of halogens is 3. The average Bonchev–Trinajstić information content (AvgIpc) is 2.38. The van der Waals surface area contributed by atoms with Gasteiger partial charge in [0.15, 0.2) is 5.69 Å². The van der Waals surface area contributed by atoms with Crippen LogP contribution in [0, 0.1) is 0 Å². The highest BCUT2D eigenvalue weighted by atomic mass is 19.4. The minimum Gasteiger partial charge on any atom is -0.390 e. The Morgan fingerprint density at radius 3 is 2.44 bits per heavy atom. The van der Waals surface area contributed by atoms with Gasteiger partial charge in [0.1, 0.15) is 0 Å². The van der Waals surface area contributed by atoms with Crippen molar-refractivity contribution in [3.8, 4) is 11.3 Å². The molecule has 2 aromatic rings. The van der Waals surface area contributed by atoms with Crippen molar-refractivity contribution < 1.29 is 18.3 Å². The summed E-state index contributed by atoms with van der Waals surface area (Å²) in [6.45, 7) is -0.228. The fraction of sp³-hybridized carbons (Fsp3) is 0.182. The molecule has 1 N–H and O–H groups in total. The van der Waals surface area contributed by atoms with E-state index >= 15 is 0 Å². The Hall–Kier alpha value is -2.02. The highest BCUT2D eigenvalue weighted by molar-refractivity contribution is 5.56. The lowest BCUT2D eigenvalue weighted by atomic mass is 10.2. The predicted molar refractivity (Wildman–Crippen MR) is 56.2 cm³/mol. The van der Waals surface area contributed by atoms with E-state index in [0.717, 1.165) is 0 Å². The van der Waals surface area contributed by atoms with Gasteiger partial charge in [-0.1, -0.05) is 0 Å². The quantitative estimate of drug-likeness (QED) is 0.892. The van der Waals surface area contributed by atoms with Crippen molar-refractivity contribution >= 4 is 0 Å². The van der Waals surface area contributed by atoms with Crippen LogP contribution in [0.3, 0.4) is 0 Å². The maximum atomic E-state index is 12.5. The van der Waals surface area contributed by atoms with E-state index in [4.69, 9.17) is 5.11 Å². The fourth-order valence-electron chi connectivity index (χ4n) is 1.31. The molecule has 2 rings (SSSR count). The number of aliphatic hydroxyl groups excluding tert-OH is 1. The molecule has 0 spiro atoms. The Morgan fingerprint density at radius 1 is 1.11 bits per heavy atom. The average molecular weight is 255 g/mol. The molecule has 2 heterocycles. The Balaban J connectivity index is 2.38. The molecule has 0 amide bonds. The van der Waals surface area contributed by atoms with Crippen LogP contribution in [0.1, 0.15) is 11.4 Å². The van der Waals surface area contributed by atoms with Crippen LogP contribution >= 0.6 is 0 Å². The zero-order valence-electron chi connectivity index (χ0n) is 9.02. The summed E-state index contributed by atoms with van der Waals surface area (Å²) in [5, 5.41) is 8.81. The minimum atomic E-state index is -4.53. The summed E-state index contributed by atoms with van der Waals surface area (Å²) < 4.78 is 37.4. The van der Waals surface area contributed by atoms with Crippen LogP contribution in [0.2, 0.25) is 0 Å². The van der Waals surface area contributed by atoms with Gasteiger partial charge in [-0.05, 0) is 12.1 Å². The van der Waals surface area contributed by atoms with Crippen LogP contribution in [0.25, 0.3) is 11.3 Å². The first-order valence-electron chi connectivity index (χ1n) is 4.96. The number of hydrogen-bond acceptors (Lipinski definition) is 4. The molecule has 0 atom stereocenters. The third kappa shape index (κ3) is 2.62. The SMILES string of the molecule is OCc1ccc(-c2cncc(C(F)(F)F)n2)cn1. The molecule has 0 fully saturated rings. The van der Waals surface area contributed by atoms with E-state index < -0.39 is 11.9 Å².